The molecule has 17 atom stereocenters. The van der Waals surface area contributed by atoms with Crippen LogP contribution in [-0.2, 0) is 23.8 Å². The molecule has 0 aromatic rings. The molecule has 5 fully saturated rings. The Balaban J connectivity index is 1.28. The third-order valence-electron chi connectivity index (χ3n) is 16.1. The second kappa shape index (κ2) is 14.5. The molecule has 54 heavy (non-hydrogen) atoms. The minimum atomic E-state index is -1.79. The Hall–Kier alpha value is -1.94. The highest BCUT2D eigenvalue weighted by atomic mass is 16.6. The summed E-state index contributed by atoms with van der Waals surface area (Å²) in [5, 5.41) is 87.2. The van der Waals surface area contributed by atoms with Crippen molar-refractivity contribution >= 4 is 11.9 Å². The molecule has 0 spiro atoms. The zero-order chi connectivity index (χ0) is 39.9. The molecule has 1 saturated heterocycles. The SMILES string of the molecule is C/C=C(\C)C(=O)OC[C@@]12[C@@H](O)C[C@@H]3C(=CC[C@@H]4[C@@]5(C)CC[C@H](OC[C@@H]6O[C@H](C(=O)O)[C@@H](O)[C@H](O)[C@H]6O)[C@@](C)(CO)[C@@H]5CC[C@]43C)[C@@H]1CC(C)(C)[C@@H](O)[C@@H]2O. The van der Waals surface area contributed by atoms with Gasteiger partial charge in [0.2, 0.25) is 0 Å². The number of allylic oxidation sites excluding steroid dienone is 3. The fourth-order valence-corrected chi connectivity index (χ4v) is 12.7. The summed E-state index contributed by atoms with van der Waals surface area (Å²) < 4.78 is 17.7. The molecule has 0 bridgehead atoms. The number of hydrogen-bond donors (Lipinski definition) is 8. The lowest BCUT2D eigenvalue weighted by Gasteiger charge is -2.69. The summed E-state index contributed by atoms with van der Waals surface area (Å²) in [5.74, 6) is -2.10. The summed E-state index contributed by atoms with van der Waals surface area (Å²) in [6.45, 7) is 13.3. The molecule has 5 aliphatic carbocycles. The molecular weight excluding hydrogens is 700 g/mol. The highest BCUT2D eigenvalue weighted by Gasteiger charge is 2.70. The lowest BCUT2D eigenvalue weighted by atomic mass is 9.36. The van der Waals surface area contributed by atoms with E-state index < -0.39 is 83.1 Å². The van der Waals surface area contributed by atoms with Crippen LogP contribution in [0.3, 0.4) is 0 Å². The standard InChI is InChI=1S/C41H64O13/c1-8-20(2)36(51)53-19-41-23(16-37(3,4)33(47)34(41)48)21-9-10-25-38(5,22(21)15-27(41)43)13-11-26-39(25,6)14-12-28(40(26,7)18-42)52-17-24-29(44)30(45)31(46)32(54-24)35(49)50/h8-9,22-34,42-48H,10-19H2,1-7H3,(H,49,50)/b20-8+/t22-,23+,24+,25+,26-,27+,28+,29+,30-,31+,32+,33+,34+,38+,39-,40+,41+/m1/s1. The van der Waals surface area contributed by atoms with E-state index in [1.165, 1.54) is 5.57 Å². The van der Waals surface area contributed by atoms with Gasteiger partial charge in [-0.05, 0) is 98.7 Å². The van der Waals surface area contributed by atoms with E-state index in [-0.39, 0.29) is 54.3 Å². The first-order valence-electron chi connectivity index (χ1n) is 19.8. The van der Waals surface area contributed by atoms with E-state index in [1.807, 2.05) is 20.8 Å². The Morgan fingerprint density at radius 3 is 2.20 bits per heavy atom. The first-order chi connectivity index (χ1) is 25.1. The predicted octanol–water partition coefficient (Wildman–Crippen LogP) is 2.11. The lowest BCUT2D eigenvalue weighted by Crippen LogP contribution is -2.70. The molecule has 0 radical (unpaired) electrons. The Kier molecular flexibility index (Phi) is 11.2. The van der Waals surface area contributed by atoms with Gasteiger partial charge in [0, 0.05) is 11.0 Å². The minimum Gasteiger partial charge on any atom is -0.479 e. The van der Waals surface area contributed by atoms with Gasteiger partial charge in [0.05, 0.1) is 43.0 Å². The van der Waals surface area contributed by atoms with E-state index in [2.05, 4.69) is 19.9 Å². The Labute approximate surface area is 318 Å². The van der Waals surface area contributed by atoms with E-state index in [0.29, 0.717) is 24.8 Å². The summed E-state index contributed by atoms with van der Waals surface area (Å²) in [6.07, 6.45) is -3.40. The molecule has 13 heteroatoms. The van der Waals surface area contributed by atoms with Crippen molar-refractivity contribution in [2.24, 2.45) is 50.7 Å². The molecule has 6 rings (SSSR count). The smallest absolute Gasteiger partial charge is 0.335 e. The fraction of sp³-hybridized carbons (Fsp3) is 0.854. The molecule has 0 aromatic carbocycles. The maximum Gasteiger partial charge on any atom is 0.335 e. The lowest BCUT2D eigenvalue weighted by molar-refractivity contribution is -0.257. The van der Waals surface area contributed by atoms with Crippen LogP contribution in [0.25, 0.3) is 0 Å². The number of ether oxygens (including phenoxy) is 3. The van der Waals surface area contributed by atoms with Crippen LogP contribution in [0.4, 0.5) is 0 Å². The van der Waals surface area contributed by atoms with Gasteiger partial charge < -0.3 is 55.1 Å². The van der Waals surface area contributed by atoms with Crippen LogP contribution in [-0.4, -0.2) is 128 Å². The monoisotopic (exact) mass is 764 g/mol. The summed E-state index contributed by atoms with van der Waals surface area (Å²) in [4.78, 5) is 24.6. The van der Waals surface area contributed by atoms with Gasteiger partial charge in [-0.2, -0.15) is 0 Å². The number of esters is 1. The number of carboxylic acids is 1. The van der Waals surface area contributed by atoms with Crippen LogP contribution in [0.2, 0.25) is 0 Å². The van der Waals surface area contributed by atoms with Crippen LogP contribution in [0.15, 0.2) is 23.3 Å². The highest BCUT2D eigenvalue weighted by Crippen LogP contribution is 2.72. The van der Waals surface area contributed by atoms with Gasteiger partial charge in [-0.15, -0.1) is 0 Å². The van der Waals surface area contributed by atoms with Crippen molar-refractivity contribution < 1.29 is 64.7 Å². The number of fused-ring (bicyclic) bond motifs is 7. The molecule has 4 saturated carbocycles. The molecule has 0 aromatic heterocycles. The third kappa shape index (κ3) is 6.14. The molecule has 6 aliphatic rings. The van der Waals surface area contributed by atoms with Crippen molar-refractivity contribution in [2.75, 3.05) is 19.8 Å². The number of aliphatic carboxylic acids is 1. The number of carboxylic acid groups (broad SMARTS) is 1. The fourth-order valence-electron chi connectivity index (χ4n) is 12.7. The number of hydrogen-bond acceptors (Lipinski definition) is 12. The number of aliphatic hydroxyl groups is 7. The van der Waals surface area contributed by atoms with Crippen LogP contribution in [0, 0.1) is 50.7 Å². The third-order valence-corrected chi connectivity index (χ3v) is 16.1. The zero-order valence-corrected chi connectivity index (χ0v) is 32.9. The number of carbonyl (C=O) groups is 2. The van der Waals surface area contributed by atoms with Gasteiger partial charge in [0.25, 0.3) is 0 Å². The Bertz CT molecular complexity index is 1510. The highest BCUT2D eigenvalue weighted by molar-refractivity contribution is 5.87. The van der Waals surface area contributed by atoms with Crippen LogP contribution < -0.4 is 0 Å². The quantitative estimate of drug-likeness (QED) is 0.101. The number of carbonyl (C=O) groups excluding carboxylic acids is 1. The number of rotatable bonds is 8. The molecule has 0 amide bonds. The topological polar surface area (TPSA) is 224 Å². The van der Waals surface area contributed by atoms with Crippen LogP contribution in [0.5, 0.6) is 0 Å². The molecule has 1 heterocycles. The first-order valence-corrected chi connectivity index (χ1v) is 19.8. The van der Waals surface area contributed by atoms with E-state index in [4.69, 9.17) is 14.2 Å². The average Bonchev–Trinajstić information content (AvgIpc) is 3.12. The second-order valence-electron chi connectivity index (χ2n) is 19.1. The molecular formula is C41H64O13. The maximum atomic E-state index is 12.9. The van der Waals surface area contributed by atoms with Crippen LogP contribution in [0.1, 0.15) is 93.4 Å². The summed E-state index contributed by atoms with van der Waals surface area (Å²) in [6, 6.07) is 0. The van der Waals surface area contributed by atoms with Gasteiger partial charge in [-0.25, -0.2) is 9.59 Å². The van der Waals surface area contributed by atoms with Gasteiger partial charge in [-0.3, -0.25) is 0 Å². The van der Waals surface area contributed by atoms with Crippen molar-refractivity contribution in [3.05, 3.63) is 23.3 Å². The van der Waals surface area contributed by atoms with Crippen molar-refractivity contribution in [2.45, 2.75) is 148 Å². The zero-order valence-electron chi connectivity index (χ0n) is 32.9. The summed E-state index contributed by atoms with van der Waals surface area (Å²) >= 11 is 0. The second-order valence-corrected chi connectivity index (χ2v) is 19.1. The average molecular weight is 765 g/mol. The van der Waals surface area contributed by atoms with Gasteiger partial charge >= 0.3 is 11.9 Å². The van der Waals surface area contributed by atoms with Gasteiger partial charge in [0.1, 0.15) is 31.0 Å². The predicted molar refractivity (Wildman–Crippen MR) is 194 cm³/mol. The normalized spacial score (nSPS) is 50.1. The van der Waals surface area contributed by atoms with E-state index >= 15 is 0 Å². The molecule has 306 valence electrons. The minimum absolute atomic E-state index is 0.0170. The molecule has 0 unspecified atom stereocenters. The summed E-state index contributed by atoms with van der Waals surface area (Å²) in [7, 11) is 0. The Morgan fingerprint density at radius 1 is 0.907 bits per heavy atom. The molecule has 1 aliphatic heterocycles. The van der Waals surface area contributed by atoms with Crippen molar-refractivity contribution in [1.82, 2.24) is 0 Å². The van der Waals surface area contributed by atoms with Gasteiger partial charge in [-0.1, -0.05) is 52.3 Å². The molecule has 13 nitrogen and oxygen atoms in total. The van der Waals surface area contributed by atoms with E-state index in [1.54, 1.807) is 19.9 Å². The van der Waals surface area contributed by atoms with E-state index in [9.17, 15) is 50.4 Å². The van der Waals surface area contributed by atoms with Crippen molar-refractivity contribution in [3.63, 3.8) is 0 Å². The molecule has 8 N–H and O–H groups in total. The van der Waals surface area contributed by atoms with E-state index in [0.717, 1.165) is 25.7 Å². The maximum absolute atomic E-state index is 12.9. The number of aliphatic hydroxyl groups excluding tert-OH is 7. The summed E-state index contributed by atoms with van der Waals surface area (Å²) in [5.41, 5.74) is -1.51. The first kappa shape index (κ1) is 41.7. The van der Waals surface area contributed by atoms with Crippen molar-refractivity contribution in [1.29, 1.82) is 0 Å². The largest absolute Gasteiger partial charge is 0.479 e. The van der Waals surface area contributed by atoms with Crippen molar-refractivity contribution in [3.8, 4) is 0 Å². The van der Waals surface area contributed by atoms with Gasteiger partial charge in [0.15, 0.2) is 6.10 Å². The van der Waals surface area contributed by atoms with Crippen LogP contribution >= 0.6 is 0 Å². The Morgan fingerprint density at radius 2 is 1.57 bits per heavy atom.